The summed E-state index contributed by atoms with van der Waals surface area (Å²) < 4.78 is 10.9. The first kappa shape index (κ1) is 18.2. The van der Waals surface area contributed by atoms with Gasteiger partial charge in [0.1, 0.15) is 11.8 Å². The van der Waals surface area contributed by atoms with Gasteiger partial charge in [-0.3, -0.25) is 0 Å². The minimum absolute atomic E-state index is 0.123. The first-order valence-electron chi connectivity index (χ1n) is 6.83. The van der Waals surface area contributed by atoms with Crippen molar-refractivity contribution >= 4 is 26.6 Å². The van der Waals surface area contributed by atoms with Crippen LogP contribution in [-0.4, -0.2) is 30.0 Å². The Kier molecular flexibility index (Phi) is 6.93. The van der Waals surface area contributed by atoms with Gasteiger partial charge in [0.05, 0.1) is 17.1 Å². The number of rotatable bonds is 6. The van der Waals surface area contributed by atoms with Crippen LogP contribution >= 0.6 is 0 Å². The van der Waals surface area contributed by atoms with E-state index in [9.17, 15) is 4.79 Å². The van der Waals surface area contributed by atoms with Crippen LogP contribution in [0.25, 0.3) is 0 Å². The summed E-state index contributed by atoms with van der Waals surface area (Å²) in [6, 6.07) is 6.51. The Bertz CT molecular complexity index is 512. The van der Waals surface area contributed by atoms with Crippen molar-refractivity contribution in [2.75, 3.05) is 12.4 Å². The predicted octanol–water partition coefficient (Wildman–Crippen LogP) is 2.19. The molecule has 0 aromatic heterocycles. The van der Waals surface area contributed by atoms with E-state index in [2.05, 4.69) is 0 Å². The summed E-state index contributed by atoms with van der Waals surface area (Å²) in [7, 11) is -0.365. The lowest BCUT2D eigenvalue weighted by Gasteiger charge is -2.22. The molecule has 1 aromatic carbocycles. The highest BCUT2D eigenvalue weighted by molar-refractivity contribution is 8.28. The van der Waals surface area contributed by atoms with E-state index in [1.54, 1.807) is 6.07 Å². The third kappa shape index (κ3) is 6.22. The van der Waals surface area contributed by atoms with Crippen LogP contribution in [0.15, 0.2) is 29.2 Å². The first-order chi connectivity index (χ1) is 9.74. The largest absolute Gasteiger partial charge is 0.424 e. The third-order valence-electron chi connectivity index (χ3n) is 2.57. The van der Waals surface area contributed by atoms with E-state index in [0.29, 0.717) is 5.75 Å². The van der Waals surface area contributed by atoms with E-state index in [0.717, 1.165) is 10.6 Å². The van der Waals surface area contributed by atoms with Crippen LogP contribution in [0, 0.1) is 0 Å². The Labute approximate surface area is 133 Å². The van der Waals surface area contributed by atoms with E-state index in [1.165, 1.54) is 0 Å². The number of ether oxygens (including phenoxy) is 2. The minimum Gasteiger partial charge on any atom is -0.424 e. The number of benzene rings is 1. The SMILES string of the molecule is CCS(=S)c1ccccc1OC(=O)C(N)COC(C)(C)C. The van der Waals surface area contributed by atoms with Gasteiger partial charge in [-0.25, -0.2) is 4.79 Å². The van der Waals surface area contributed by atoms with Gasteiger partial charge in [0, 0.05) is 0 Å². The standard InChI is InChI=1S/C15H23NO3S2/c1-5-21(20)13-9-7-6-8-12(13)19-14(17)11(16)10-18-15(2,3)4/h6-9,11H,5,10,16H2,1-4H3. The summed E-state index contributed by atoms with van der Waals surface area (Å²) in [4.78, 5) is 12.9. The molecule has 21 heavy (non-hydrogen) atoms. The first-order valence-corrected chi connectivity index (χ1v) is 9.15. The summed E-state index contributed by atoms with van der Waals surface area (Å²) in [6.45, 7) is 7.86. The third-order valence-corrected chi connectivity index (χ3v) is 5.16. The van der Waals surface area contributed by atoms with Crippen molar-refractivity contribution in [3.05, 3.63) is 24.3 Å². The Morgan fingerprint density at radius 1 is 1.38 bits per heavy atom. The van der Waals surface area contributed by atoms with Gasteiger partial charge in [0.2, 0.25) is 0 Å². The average molecular weight is 329 g/mol. The van der Waals surface area contributed by atoms with E-state index in [-0.39, 0.29) is 21.7 Å². The average Bonchev–Trinajstić information content (AvgIpc) is 2.43. The van der Waals surface area contributed by atoms with Crippen LogP contribution in [0.5, 0.6) is 5.75 Å². The van der Waals surface area contributed by atoms with E-state index in [4.69, 9.17) is 26.4 Å². The van der Waals surface area contributed by atoms with Crippen molar-refractivity contribution in [3.8, 4) is 5.75 Å². The van der Waals surface area contributed by atoms with Crippen LogP contribution in [0.3, 0.4) is 0 Å². The molecule has 2 unspecified atom stereocenters. The summed E-state index contributed by atoms with van der Waals surface area (Å²) in [6.07, 6.45) is 0. The number of nitrogens with two attached hydrogens (primary N) is 1. The van der Waals surface area contributed by atoms with Crippen molar-refractivity contribution in [2.45, 2.75) is 44.2 Å². The molecule has 4 nitrogen and oxygen atoms in total. The van der Waals surface area contributed by atoms with Crippen LogP contribution in [0.4, 0.5) is 0 Å². The maximum Gasteiger partial charge on any atom is 0.330 e. The van der Waals surface area contributed by atoms with Crippen LogP contribution in [-0.2, 0) is 30.2 Å². The van der Waals surface area contributed by atoms with E-state index < -0.39 is 12.0 Å². The fourth-order valence-corrected chi connectivity index (χ4v) is 2.76. The fraction of sp³-hybridized carbons (Fsp3) is 0.533. The molecule has 0 aliphatic carbocycles. The maximum absolute atomic E-state index is 12.0. The fourth-order valence-electron chi connectivity index (χ4n) is 1.47. The number of carbonyl (C=O) groups excluding carboxylic acids is 1. The minimum atomic E-state index is -0.814. The van der Waals surface area contributed by atoms with Gasteiger partial charge in [-0.15, -0.1) is 0 Å². The molecule has 0 bridgehead atoms. The molecule has 6 heteroatoms. The molecule has 0 saturated heterocycles. The number of carbonyl (C=O) groups is 1. The van der Waals surface area contributed by atoms with Crippen molar-refractivity contribution in [2.24, 2.45) is 5.73 Å². The number of para-hydroxylation sites is 1. The van der Waals surface area contributed by atoms with Crippen LogP contribution in [0.2, 0.25) is 0 Å². The van der Waals surface area contributed by atoms with E-state index >= 15 is 0 Å². The highest BCUT2D eigenvalue weighted by Crippen LogP contribution is 2.22. The summed E-state index contributed by atoms with van der Waals surface area (Å²) in [5, 5.41) is 0. The molecular formula is C15H23NO3S2. The summed E-state index contributed by atoms with van der Waals surface area (Å²) in [5.41, 5.74) is 5.47. The lowest BCUT2D eigenvalue weighted by molar-refractivity contribution is -0.138. The van der Waals surface area contributed by atoms with Gasteiger partial charge < -0.3 is 15.2 Å². The molecule has 118 valence electrons. The molecule has 0 radical (unpaired) electrons. The molecule has 0 spiro atoms. The number of hydrogen-bond donors (Lipinski definition) is 1. The monoisotopic (exact) mass is 329 g/mol. The predicted molar refractivity (Wildman–Crippen MR) is 89.3 cm³/mol. The smallest absolute Gasteiger partial charge is 0.330 e. The number of hydrogen-bond acceptors (Lipinski definition) is 5. The highest BCUT2D eigenvalue weighted by atomic mass is 32.8. The normalized spacial score (nSPS) is 14.5. The lowest BCUT2D eigenvalue weighted by atomic mass is 10.2. The zero-order valence-corrected chi connectivity index (χ0v) is 14.6. The van der Waals surface area contributed by atoms with Gasteiger partial charge in [-0.2, -0.15) is 0 Å². The Morgan fingerprint density at radius 3 is 2.57 bits per heavy atom. The van der Waals surface area contributed by atoms with Gasteiger partial charge in [-0.1, -0.05) is 28.5 Å². The molecule has 0 fully saturated rings. The van der Waals surface area contributed by atoms with Gasteiger partial charge in [0.25, 0.3) is 0 Å². The van der Waals surface area contributed by atoms with E-state index in [1.807, 2.05) is 45.9 Å². The van der Waals surface area contributed by atoms with Gasteiger partial charge >= 0.3 is 5.97 Å². The topological polar surface area (TPSA) is 61.5 Å². The van der Waals surface area contributed by atoms with Crippen LogP contribution in [0.1, 0.15) is 27.7 Å². The zero-order valence-electron chi connectivity index (χ0n) is 12.9. The van der Waals surface area contributed by atoms with Crippen molar-refractivity contribution in [1.29, 1.82) is 0 Å². The molecule has 0 aliphatic heterocycles. The molecule has 0 heterocycles. The van der Waals surface area contributed by atoms with Crippen molar-refractivity contribution in [3.63, 3.8) is 0 Å². The highest BCUT2D eigenvalue weighted by Gasteiger charge is 2.21. The summed E-state index contributed by atoms with van der Waals surface area (Å²) in [5.74, 6) is 0.812. The zero-order chi connectivity index (χ0) is 16.0. The Morgan fingerprint density at radius 2 is 2.00 bits per heavy atom. The van der Waals surface area contributed by atoms with Crippen molar-refractivity contribution < 1.29 is 14.3 Å². The second-order valence-corrected chi connectivity index (χ2v) is 8.45. The second kappa shape index (κ2) is 7.98. The Balaban J connectivity index is 2.73. The van der Waals surface area contributed by atoms with Crippen LogP contribution < -0.4 is 10.5 Å². The van der Waals surface area contributed by atoms with Gasteiger partial charge in [-0.05, 0) is 49.8 Å². The van der Waals surface area contributed by atoms with Crippen molar-refractivity contribution in [1.82, 2.24) is 0 Å². The number of esters is 1. The molecule has 2 N–H and O–H groups in total. The molecule has 0 amide bonds. The molecule has 0 saturated carbocycles. The molecule has 2 atom stereocenters. The molecule has 1 aromatic rings. The molecule has 1 rings (SSSR count). The molecule has 0 aliphatic rings. The Hall–Kier alpha value is -0.820. The lowest BCUT2D eigenvalue weighted by Crippen LogP contribution is -2.40. The summed E-state index contributed by atoms with van der Waals surface area (Å²) >= 11 is 5.39. The van der Waals surface area contributed by atoms with Gasteiger partial charge in [0.15, 0.2) is 0 Å². The maximum atomic E-state index is 12.0. The quantitative estimate of drug-likeness (QED) is 0.640. The second-order valence-electron chi connectivity index (χ2n) is 5.53. The molecular weight excluding hydrogens is 306 g/mol.